The molecule has 0 aliphatic heterocycles. The summed E-state index contributed by atoms with van der Waals surface area (Å²) in [5, 5.41) is 10.8. The van der Waals surface area contributed by atoms with Gasteiger partial charge in [0.2, 0.25) is 0 Å². The van der Waals surface area contributed by atoms with Crippen molar-refractivity contribution in [3.05, 3.63) is 29.5 Å². The fourth-order valence-corrected chi connectivity index (χ4v) is 3.19. The fraction of sp³-hybridized carbons (Fsp3) is 0.429. The molecule has 1 unspecified atom stereocenters. The standard InChI is InChI=1S/C14H16ClNO/c15-6-5-9-1-4-13-12(7-9)11-3-2-10(17)8-14(11)16-13/h2-3,8-9,16-17H,1,4-7H2. The van der Waals surface area contributed by atoms with Crippen LogP contribution in [0.3, 0.4) is 0 Å². The molecule has 2 N–H and O–H groups in total. The van der Waals surface area contributed by atoms with Gasteiger partial charge in [0.25, 0.3) is 0 Å². The van der Waals surface area contributed by atoms with E-state index in [1.165, 1.54) is 23.1 Å². The predicted molar refractivity (Wildman–Crippen MR) is 70.8 cm³/mol. The van der Waals surface area contributed by atoms with Crippen molar-refractivity contribution in [1.82, 2.24) is 4.98 Å². The zero-order valence-corrected chi connectivity index (χ0v) is 10.4. The van der Waals surface area contributed by atoms with Crippen molar-refractivity contribution in [2.75, 3.05) is 5.88 Å². The average molecular weight is 250 g/mol. The summed E-state index contributed by atoms with van der Waals surface area (Å²) in [5.74, 6) is 1.80. The number of hydrogen-bond donors (Lipinski definition) is 2. The molecule has 1 aromatic heterocycles. The SMILES string of the molecule is Oc1ccc2c3c([nH]c2c1)CCC(CCCl)C3. The third-order valence-corrected chi connectivity index (χ3v) is 4.01. The third kappa shape index (κ3) is 1.91. The highest BCUT2D eigenvalue weighted by Crippen LogP contribution is 2.34. The Labute approximate surface area is 106 Å². The first-order valence-electron chi connectivity index (χ1n) is 6.16. The summed E-state index contributed by atoms with van der Waals surface area (Å²) in [5.41, 5.74) is 3.83. The van der Waals surface area contributed by atoms with E-state index in [4.69, 9.17) is 11.6 Å². The van der Waals surface area contributed by atoms with Crippen LogP contribution in [0.4, 0.5) is 0 Å². The Kier molecular flexibility index (Phi) is 2.75. The molecule has 3 rings (SSSR count). The van der Waals surface area contributed by atoms with E-state index in [9.17, 15) is 5.11 Å². The van der Waals surface area contributed by atoms with Gasteiger partial charge in [-0.05, 0) is 49.3 Å². The van der Waals surface area contributed by atoms with Crippen molar-refractivity contribution in [3.8, 4) is 5.75 Å². The molecule has 0 bridgehead atoms. The van der Waals surface area contributed by atoms with Crippen molar-refractivity contribution >= 4 is 22.5 Å². The summed E-state index contributed by atoms with van der Waals surface area (Å²) in [7, 11) is 0. The van der Waals surface area contributed by atoms with Crippen LogP contribution < -0.4 is 0 Å². The van der Waals surface area contributed by atoms with Gasteiger partial charge < -0.3 is 10.1 Å². The van der Waals surface area contributed by atoms with Crippen molar-refractivity contribution in [2.45, 2.75) is 25.7 Å². The number of aromatic nitrogens is 1. The van der Waals surface area contributed by atoms with E-state index in [1.54, 1.807) is 6.07 Å². The molecule has 90 valence electrons. The zero-order valence-electron chi connectivity index (χ0n) is 9.67. The lowest BCUT2D eigenvalue weighted by Gasteiger charge is -2.21. The van der Waals surface area contributed by atoms with Gasteiger partial charge in [-0.2, -0.15) is 0 Å². The minimum atomic E-state index is 0.327. The smallest absolute Gasteiger partial charge is 0.117 e. The number of fused-ring (bicyclic) bond motifs is 3. The molecule has 3 heteroatoms. The molecule has 0 fully saturated rings. The minimum Gasteiger partial charge on any atom is -0.508 e. The largest absolute Gasteiger partial charge is 0.508 e. The summed E-state index contributed by atoms with van der Waals surface area (Å²) >= 11 is 5.83. The lowest BCUT2D eigenvalue weighted by atomic mass is 9.85. The van der Waals surface area contributed by atoms with Gasteiger partial charge in [-0.3, -0.25) is 0 Å². The molecular formula is C14H16ClNO. The van der Waals surface area contributed by atoms with Crippen LogP contribution >= 0.6 is 11.6 Å². The van der Waals surface area contributed by atoms with Crippen LogP contribution in [-0.4, -0.2) is 16.0 Å². The number of rotatable bonds is 2. The van der Waals surface area contributed by atoms with E-state index >= 15 is 0 Å². The first-order valence-corrected chi connectivity index (χ1v) is 6.70. The Morgan fingerprint density at radius 2 is 2.29 bits per heavy atom. The van der Waals surface area contributed by atoms with E-state index in [1.807, 2.05) is 12.1 Å². The highest BCUT2D eigenvalue weighted by atomic mass is 35.5. The number of hydrogen-bond acceptors (Lipinski definition) is 1. The van der Waals surface area contributed by atoms with Crippen LogP contribution in [0, 0.1) is 5.92 Å². The molecule has 17 heavy (non-hydrogen) atoms. The van der Waals surface area contributed by atoms with Gasteiger partial charge in [-0.1, -0.05) is 0 Å². The summed E-state index contributed by atoms with van der Waals surface area (Å²) in [6.45, 7) is 0. The molecule has 0 saturated carbocycles. The van der Waals surface area contributed by atoms with Crippen molar-refractivity contribution in [3.63, 3.8) is 0 Å². The number of phenolic OH excluding ortho intramolecular Hbond substituents is 1. The molecule has 0 radical (unpaired) electrons. The van der Waals surface area contributed by atoms with Crippen LogP contribution in [0.5, 0.6) is 5.75 Å². The number of phenols is 1. The number of aryl methyl sites for hydroxylation is 1. The van der Waals surface area contributed by atoms with Crippen LogP contribution in [0.1, 0.15) is 24.1 Å². The monoisotopic (exact) mass is 249 g/mol. The minimum absolute atomic E-state index is 0.327. The van der Waals surface area contributed by atoms with Crippen LogP contribution in [0.2, 0.25) is 0 Å². The molecule has 1 heterocycles. The lowest BCUT2D eigenvalue weighted by molar-refractivity contribution is 0.446. The summed E-state index contributed by atoms with van der Waals surface area (Å²) in [6, 6.07) is 5.59. The van der Waals surface area contributed by atoms with Gasteiger partial charge in [-0.15, -0.1) is 11.6 Å². The van der Waals surface area contributed by atoms with Gasteiger partial charge in [0.05, 0.1) is 0 Å². The molecule has 2 aromatic rings. The molecule has 1 aliphatic rings. The quantitative estimate of drug-likeness (QED) is 0.784. The Balaban J connectivity index is 2.03. The van der Waals surface area contributed by atoms with Crippen LogP contribution in [0.15, 0.2) is 18.2 Å². The number of aromatic hydroxyl groups is 1. The highest BCUT2D eigenvalue weighted by molar-refractivity contribution is 6.17. The predicted octanol–water partition coefficient (Wildman–Crippen LogP) is 3.61. The maximum absolute atomic E-state index is 9.49. The molecule has 1 aliphatic carbocycles. The number of aromatic amines is 1. The Morgan fingerprint density at radius 3 is 3.12 bits per heavy atom. The Hall–Kier alpha value is -1.15. The summed E-state index contributed by atoms with van der Waals surface area (Å²) in [4.78, 5) is 3.43. The van der Waals surface area contributed by atoms with E-state index in [0.717, 1.165) is 30.7 Å². The van der Waals surface area contributed by atoms with Gasteiger partial charge in [-0.25, -0.2) is 0 Å². The molecular weight excluding hydrogens is 234 g/mol. The first-order chi connectivity index (χ1) is 8.28. The summed E-state index contributed by atoms with van der Waals surface area (Å²) < 4.78 is 0. The number of alkyl halides is 1. The second kappa shape index (κ2) is 4.26. The molecule has 1 atom stereocenters. The second-order valence-corrected chi connectivity index (χ2v) is 5.28. The van der Waals surface area contributed by atoms with Gasteiger partial charge in [0.15, 0.2) is 0 Å². The topological polar surface area (TPSA) is 36.0 Å². The summed E-state index contributed by atoms with van der Waals surface area (Å²) in [6.07, 6.45) is 4.55. The number of nitrogens with one attached hydrogen (secondary N) is 1. The molecule has 1 aromatic carbocycles. The lowest BCUT2D eigenvalue weighted by Crippen LogP contribution is -2.13. The van der Waals surface area contributed by atoms with Crippen LogP contribution in [-0.2, 0) is 12.8 Å². The number of H-pyrrole nitrogens is 1. The molecule has 2 nitrogen and oxygen atoms in total. The van der Waals surface area contributed by atoms with Crippen LogP contribution in [0.25, 0.3) is 10.9 Å². The fourth-order valence-electron chi connectivity index (χ4n) is 2.89. The van der Waals surface area contributed by atoms with E-state index in [0.29, 0.717) is 11.7 Å². The van der Waals surface area contributed by atoms with E-state index in [2.05, 4.69) is 4.98 Å². The van der Waals surface area contributed by atoms with Gasteiger partial charge >= 0.3 is 0 Å². The maximum Gasteiger partial charge on any atom is 0.117 e. The van der Waals surface area contributed by atoms with Crippen molar-refractivity contribution in [1.29, 1.82) is 0 Å². The zero-order chi connectivity index (χ0) is 11.8. The number of halogens is 1. The normalized spacial score (nSPS) is 19.5. The number of benzene rings is 1. The first kappa shape index (κ1) is 11.0. The second-order valence-electron chi connectivity index (χ2n) is 4.90. The van der Waals surface area contributed by atoms with Gasteiger partial charge in [0, 0.05) is 28.5 Å². The van der Waals surface area contributed by atoms with Crippen molar-refractivity contribution < 1.29 is 5.11 Å². The van der Waals surface area contributed by atoms with Gasteiger partial charge in [0.1, 0.15) is 5.75 Å². The van der Waals surface area contributed by atoms with Crippen molar-refractivity contribution in [2.24, 2.45) is 5.92 Å². The average Bonchev–Trinajstić information content (AvgIpc) is 2.66. The highest BCUT2D eigenvalue weighted by Gasteiger charge is 2.21. The van der Waals surface area contributed by atoms with E-state index in [-0.39, 0.29) is 0 Å². The third-order valence-electron chi connectivity index (χ3n) is 3.79. The maximum atomic E-state index is 9.49. The Bertz CT molecular complexity index is 546. The molecule has 0 spiro atoms. The Morgan fingerprint density at radius 1 is 1.41 bits per heavy atom. The van der Waals surface area contributed by atoms with E-state index < -0.39 is 0 Å². The molecule has 0 saturated heterocycles. The molecule has 0 amide bonds.